The molecule has 1 atom stereocenters. The highest BCUT2D eigenvalue weighted by molar-refractivity contribution is 6.89. The Kier molecular flexibility index (Phi) is 5.12. The monoisotopic (exact) mass is 431 g/mol. The molecule has 0 spiro atoms. The van der Waals surface area contributed by atoms with Crippen molar-refractivity contribution in [2.24, 2.45) is 0 Å². The topological polar surface area (TPSA) is 8.81 Å². The molecule has 0 aliphatic carbocycles. The van der Waals surface area contributed by atoms with Gasteiger partial charge in [-0.1, -0.05) is 83.7 Å². The summed E-state index contributed by atoms with van der Waals surface area (Å²) in [6, 6.07) is 16.1. The second kappa shape index (κ2) is 7.20. The van der Waals surface area contributed by atoms with Crippen LogP contribution in [0.25, 0.3) is 17.1 Å². The van der Waals surface area contributed by atoms with E-state index in [1.807, 2.05) is 0 Å². The first kappa shape index (κ1) is 22.1. The van der Waals surface area contributed by atoms with E-state index < -0.39 is 8.07 Å². The van der Waals surface area contributed by atoms with E-state index in [4.69, 9.17) is 0 Å². The van der Waals surface area contributed by atoms with Crippen LogP contribution in [0.5, 0.6) is 0 Å². The molecule has 3 heteroatoms. The van der Waals surface area contributed by atoms with Crippen LogP contribution in [0.1, 0.15) is 65.0 Å². The Morgan fingerprint density at radius 2 is 1.65 bits per heavy atom. The van der Waals surface area contributed by atoms with E-state index in [0.29, 0.717) is 5.92 Å². The fourth-order valence-electron chi connectivity index (χ4n) is 5.56. The van der Waals surface area contributed by atoms with Crippen molar-refractivity contribution in [3.63, 3.8) is 0 Å². The number of aromatic nitrogens is 2. The molecule has 164 valence electrons. The highest BCUT2D eigenvalue weighted by Crippen LogP contribution is 2.48. The van der Waals surface area contributed by atoms with Crippen molar-refractivity contribution in [2.45, 2.75) is 84.5 Å². The molecule has 4 rings (SSSR count). The van der Waals surface area contributed by atoms with E-state index in [-0.39, 0.29) is 11.0 Å². The molecule has 3 aromatic rings. The molecule has 0 saturated carbocycles. The summed E-state index contributed by atoms with van der Waals surface area (Å²) in [5, 5.41) is 1.54. The third-order valence-electron chi connectivity index (χ3n) is 7.98. The summed E-state index contributed by atoms with van der Waals surface area (Å²) in [4.78, 5) is 0. The largest absolute Gasteiger partial charge is 0.294 e. The van der Waals surface area contributed by atoms with Gasteiger partial charge in [-0.3, -0.25) is 0 Å². The van der Waals surface area contributed by atoms with Crippen molar-refractivity contribution in [1.82, 2.24) is 4.57 Å². The van der Waals surface area contributed by atoms with Crippen LogP contribution in [0.2, 0.25) is 19.6 Å². The number of benzene rings is 2. The molecule has 0 saturated heterocycles. The van der Waals surface area contributed by atoms with Gasteiger partial charge in [0.05, 0.1) is 13.6 Å². The van der Waals surface area contributed by atoms with Gasteiger partial charge in [-0.05, 0) is 43.0 Å². The van der Waals surface area contributed by atoms with Gasteiger partial charge in [-0.2, -0.15) is 4.57 Å². The first-order chi connectivity index (χ1) is 14.4. The van der Waals surface area contributed by atoms with Crippen molar-refractivity contribution in [3.8, 4) is 17.1 Å². The minimum Gasteiger partial charge on any atom is -0.224 e. The quantitative estimate of drug-likeness (QED) is 0.328. The van der Waals surface area contributed by atoms with E-state index in [9.17, 15) is 0 Å². The van der Waals surface area contributed by atoms with Crippen LogP contribution in [0.15, 0.2) is 54.9 Å². The smallest absolute Gasteiger partial charge is 0.224 e. The minimum absolute atomic E-state index is 0.0250. The van der Waals surface area contributed by atoms with Gasteiger partial charge >= 0.3 is 0 Å². The number of rotatable bonds is 4. The zero-order valence-corrected chi connectivity index (χ0v) is 21.9. The zero-order valence-electron chi connectivity index (χ0n) is 20.9. The standard InChI is InChI=1S/C28H39N2Si/c1-10-28(6)23-16-12-11-14-22(23)26-29(18-19-30(26)27(28,4)5)25-21(20(2)3)15-13-17-24(25)31(7,8)9/h11-20H,10H2,1-9H3/q+1. The number of nitrogens with zero attached hydrogens (tertiary/aromatic N) is 2. The van der Waals surface area contributed by atoms with Crippen LogP contribution < -0.4 is 9.75 Å². The predicted octanol–water partition coefficient (Wildman–Crippen LogP) is 6.52. The summed E-state index contributed by atoms with van der Waals surface area (Å²) >= 11 is 0. The van der Waals surface area contributed by atoms with Crippen LogP contribution in [0.3, 0.4) is 0 Å². The van der Waals surface area contributed by atoms with Gasteiger partial charge in [0.1, 0.15) is 23.6 Å². The minimum atomic E-state index is -1.55. The fraction of sp³-hybridized carbons (Fsp3) is 0.464. The van der Waals surface area contributed by atoms with Gasteiger partial charge in [0.2, 0.25) is 0 Å². The van der Waals surface area contributed by atoms with Crippen molar-refractivity contribution in [1.29, 1.82) is 0 Å². The molecule has 1 aliphatic rings. The van der Waals surface area contributed by atoms with Crippen LogP contribution in [-0.2, 0) is 11.0 Å². The number of para-hydroxylation sites is 1. The van der Waals surface area contributed by atoms with E-state index >= 15 is 0 Å². The molecule has 31 heavy (non-hydrogen) atoms. The first-order valence-corrected chi connectivity index (χ1v) is 15.3. The summed E-state index contributed by atoms with van der Waals surface area (Å²) < 4.78 is 5.06. The lowest BCUT2D eigenvalue weighted by Crippen LogP contribution is -2.65. The third kappa shape index (κ3) is 3.08. The molecule has 0 N–H and O–H groups in total. The van der Waals surface area contributed by atoms with E-state index in [2.05, 4.69) is 125 Å². The summed E-state index contributed by atoms with van der Waals surface area (Å²) in [5.41, 5.74) is 5.75. The first-order valence-electron chi connectivity index (χ1n) is 11.8. The predicted molar refractivity (Wildman–Crippen MR) is 135 cm³/mol. The zero-order chi connectivity index (χ0) is 22.8. The second-order valence-electron chi connectivity index (χ2n) is 11.3. The number of hydrogen-bond acceptors (Lipinski definition) is 0. The van der Waals surface area contributed by atoms with Crippen LogP contribution in [0.4, 0.5) is 0 Å². The Bertz CT molecular complexity index is 1130. The maximum atomic E-state index is 2.55. The number of imidazole rings is 1. The molecule has 1 aliphatic heterocycles. The van der Waals surface area contributed by atoms with Crippen molar-refractivity contribution >= 4 is 13.3 Å². The third-order valence-corrected chi connectivity index (χ3v) is 10.0. The Hall–Kier alpha value is -2.13. The molecule has 1 aromatic heterocycles. The summed E-state index contributed by atoms with van der Waals surface area (Å²) in [6.45, 7) is 21.6. The van der Waals surface area contributed by atoms with Crippen molar-refractivity contribution in [3.05, 3.63) is 66.0 Å². The number of fused-ring (bicyclic) bond motifs is 3. The lowest BCUT2D eigenvalue weighted by atomic mass is 9.63. The Morgan fingerprint density at radius 1 is 0.968 bits per heavy atom. The molecule has 2 nitrogen and oxygen atoms in total. The van der Waals surface area contributed by atoms with E-state index in [1.165, 1.54) is 33.4 Å². The molecular formula is C28H39N2Si+. The Balaban J connectivity index is 2.13. The van der Waals surface area contributed by atoms with E-state index in [1.54, 1.807) is 0 Å². The van der Waals surface area contributed by atoms with Crippen molar-refractivity contribution in [2.75, 3.05) is 0 Å². The highest BCUT2D eigenvalue weighted by atomic mass is 28.3. The van der Waals surface area contributed by atoms with Gasteiger partial charge < -0.3 is 0 Å². The summed E-state index contributed by atoms with van der Waals surface area (Å²) in [5.74, 6) is 1.79. The highest BCUT2D eigenvalue weighted by Gasteiger charge is 2.53. The van der Waals surface area contributed by atoms with Crippen LogP contribution in [-0.4, -0.2) is 12.6 Å². The second-order valence-corrected chi connectivity index (χ2v) is 16.3. The maximum Gasteiger partial charge on any atom is 0.294 e. The van der Waals surface area contributed by atoms with Crippen LogP contribution >= 0.6 is 0 Å². The van der Waals surface area contributed by atoms with Gasteiger partial charge in [-0.25, -0.2) is 4.57 Å². The maximum absolute atomic E-state index is 2.55. The van der Waals surface area contributed by atoms with Gasteiger partial charge in [0, 0.05) is 11.0 Å². The molecular weight excluding hydrogens is 392 g/mol. The molecule has 0 bridgehead atoms. The molecule has 0 fully saturated rings. The van der Waals surface area contributed by atoms with Crippen LogP contribution in [0, 0.1) is 0 Å². The molecule has 1 unspecified atom stereocenters. The van der Waals surface area contributed by atoms with E-state index in [0.717, 1.165) is 6.42 Å². The number of hydrogen-bond donors (Lipinski definition) is 0. The molecule has 2 aromatic carbocycles. The van der Waals surface area contributed by atoms with Gasteiger partial charge in [0.15, 0.2) is 0 Å². The Morgan fingerprint density at radius 3 is 2.26 bits per heavy atom. The fourth-order valence-corrected chi connectivity index (χ4v) is 7.13. The lowest BCUT2D eigenvalue weighted by molar-refractivity contribution is -0.759. The molecule has 0 amide bonds. The normalized spacial score (nSPS) is 19.9. The van der Waals surface area contributed by atoms with Gasteiger partial charge in [0.25, 0.3) is 5.82 Å². The summed E-state index contributed by atoms with van der Waals surface area (Å²) in [7, 11) is -1.55. The van der Waals surface area contributed by atoms with Crippen molar-refractivity contribution < 1.29 is 4.57 Å². The summed E-state index contributed by atoms with van der Waals surface area (Å²) in [6.07, 6.45) is 5.75. The molecule has 2 heterocycles. The Labute approximate surface area is 190 Å². The average molecular weight is 432 g/mol. The SMILES string of the molecule is CCC1(C)c2ccccc2-c2n(-c3c(C(C)C)cccc3[Si](C)(C)C)cc[n+]2C1(C)C. The lowest BCUT2D eigenvalue weighted by Gasteiger charge is -2.46. The average Bonchev–Trinajstić information content (AvgIpc) is 3.17. The molecule has 0 radical (unpaired) electrons. The van der Waals surface area contributed by atoms with Gasteiger partial charge in [-0.15, -0.1) is 0 Å².